The number of thiazole rings is 1. The maximum absolute atomic E-state index is 12.0. The van der Waals surface area contributed by atoms with E-state index in [1.54, 1.807) is 26.4 Å². The summed E-state index contributed by atoms with van der Waals surface area (Å²) < 4.78 is 35.4. The molecule has 2 aromatic carbocycles. The van der Waals surface area contributed by atoms with Gasteiger partial charge < -0.3 is 14.4 Å². The Balaban J connectivity index is 1.92. The van der Waals surface area contributed by atoms with Crippen molar-refractivity contribution in [2.75, 3.05) is 32.4 Å². The first-order valence-electron chi connectivity index (χ1n) is 7.85. The third kappa shape index (κ3) is 3.61. The average Bonchev–Trinajstić information content (AvgIpc) is 3.04. The minimum absolute atomic E-state index is 0.261. The number of hydrogen-bond donors (Lipinski definition) is 0. The molecule has 0 bridgehead atoms. The van der Waals surface area contributed by atoms with E-state index in [0.29, 0.717) is 23.6 Å². The number of rotatable bonds is 6. The van der Waals surface area contributed by atoms with E-state index < -0.39 is 9.84 Å². The molecule has 0 spiro atoms. The van der Waals surface area contributed by atoms with Crippen LogP contribution in [0.4, 0.5) is 5.13 Å². The maximum atomic E-state index is 12.0. The maximum Gasteiger partial charge on any atom is 0.186 e. The van der Waals surface area contributed by atoms with E-state index in [2.05, 4.69) is 4.98 Å². The summed E-state index contributed by atoms with van der Waals surface area (Å²) in [4.78, 5) is 6.81. The largest absolute Gasteiger partial charge is 0.493 e. The third-order valence-corrected chi connectivity index (χ3v) is 6.23. The Morgan fingerprint density at radius 2 is 1.85 bits per heavy atom. The van der Waals surface area contributed by atoms with Crippen molar-refractivity contribution in [3.63, 3.8) is 0 Å². The highest BCUT2D eigenvalue weighted by atomic mass is 32.2. The summed E-state index contributed by atoms with van der Waals surface area (Å²) in [5.74, 6) is 1.35. The van der Waals surface area contributed by atoms with Crippen molar-refractivity contribution in [3.8, 4) is 11.5 Å². The molecule has 3 aromatic rings. The minimum Gasteiger partial charge on any atom is -0.493 e. The van der Waals surface area contributed by atoms with Crippen LogP contribution in [0.1, 0.15) is 5.56 Å². The zero-order valence-corrected chi connectivity index (χ0v) is 16.6. The summed E-state index contributed by atoms with van der Waals surface area (Å²) in [6.45, 7) is 0.606. The van der Waals surface area contributed by atoms with Crippen LogP contribution in [0.25, 0.3) is 10.2 Å². The SMILES string of the molecule is COc1ccc(CN(C)c2nc3c(S(C)(=O)=O)cccc3s2)cc1OC. The fraction of sp³-hybridized carbons (Fsp3) is 0.278. The molecule has 0 amide bonds. The number of para-hydroxylation sites is 1. The minimum atomic E-state index is -3.32. The zero-order valence-electron chi connectivity index (χ0n) is 15.0. The summed E-state index contributed by atoms with van der Waals surface area (Å²) in [5.41, 5.74) is 1.56. The predicted octanol–water partition coefficient (Wildman–Crippen LogP) is 3.35. The molecule has 0 aliphatic rings. The van der Waals surface area contributed by atoms with E-state index in [4.69, 9.17) is 9.47 Å². The summed E-state index contributed by atoms with van der Waals surface area (Å²) >= 11 is 1.47. The fourth-order valence-electron chi connectivity index (χ4n) is 2.69. The van der Waals surface area contributed by atoms with Crippen molar-refractivity contribution in [2.24, 2.45) is 0 Å². The highest BCUT2D eigenvalue weighted by Crippen LogP contribution is 2.33. The Hall–Kier alpha value is -2.32. The van der Waals surface area contributed by atoms with Crippen LogP contribution < -0.4 is 14.4 Å². The number of anilines is 1. The molecule has 0 aliphatic heterocycles. The average molecular weight is 393 g/mol. The van der Waals surface area contributed by atoms with Crippen LogP contribution >= 0.6 is 11.3 Å². The van der Waals surface area contributed by atoms with Gasteiger partial charge in [-0.1, -0.05) is 23.5 Å². The third-order valence-electron chi connectivity index (χ3n) is 3.96. The smallest absolute Gasteiger partial charge is 0.186 e. The second-order valence-corrected chi connectivity index (χ2v) is 8.91. The molecule has 0 N–H and O–H groups in total. The van der Waals surface area contributed by atoms with Crippen molar-refractivity contribution in [1.29, 1.82) is 0 Å². The van der Waals surface area contributed by atoms with E-state index >= 15 is 0 Å². The molecular formula is C18H20N2O4S2. The van der Waals surface area contributed by atoms with Gasteiger partial charge in [-0.25, -0.2) is 13.4 Å². The Morgan fingerprint density at radius 3 is 2.50 bits per heavy atom. The second-order valence-electron chi connectivity index (χ2n) is 5.92. The molecule has 26 heavy (non-hydrogen) atoms. The Labute approximate surface area is 156 Å². The van der Waals surface area contributed by atoms with Gasteiger partial charge in [0.25, 0.3) is 0 Å². The summed E-state index contributed by atoms with van der Waals surface area (Å²) in [5, 5.41) is 0.755. The molecule has 0 fully saturated rings. The number of hydrogen-bond acceptors (Lipinski definition) is 7. The van der Waals surface area contributed by atoms with Gasteiger partial charge in [0.15, 0.2) is 26.5 Å². The van der Waals surface area contributed by atoms with Gasteiger partial charge >= 0.3 is 0 Å². The van der Waals surface area contributed by atoms with Crippen LogP contribution in [0.3, 0.4) is 0 Å². The number of aromatic nitrogens is 1. The number of fused-ring (bicyclic) bond motifs is 1. The molecule has 6 nitrogen and oxygen atoms in total. The molecule has 3 rings (SSSR count). The van der Waals surface area contributed by atoms with E-state index in [0.717, 1.165) is 15.4 Å². The highest BCUT2D eigenvalue weighted by Gasteiger charge is 2.17. The van der Waals surface area contributed by atoms with Gasteiger partial charge in [0, 0.05) is 19.8 Å². The Morgan fingerprint density at radius 1 is 1.12 bits per heavy atom. The number of methoxy groups -OCH3 is 2. The standard InChI is InChI=1S/C18H20N2O4S2/c1-20(11-12-8-9-13(23-2)14(10-12)24-3)18-19-17-15(25-18)6-5-7-16(17)26(4,21)22/h5-10H,11H2,1-4H3. The lowest BCUT2D eigenvalue weighted by Crippen LogP contribution is -2.16. The molecule has 8 heteroatoms. The van der Waals surface area contributed by atoms with Gasteiger partial charge in [0.1, 0.15) is 5.52 Å². The van der Waals surface area contributed by atoms with Crippen molar-refractivity contribution in [2.45, 2.75) is 11.4 Å². The monoisotopic (exact) mass is 392 g/mol. The van der Waals surface area contributed by atoms with E-state index in [9.17, 15) is 8.42 Å². The molecular weight excluding hydrogens is 372 g/mol. The Bertz CT molecular complexity index is 1040. The Kier molecular flexibility index (Phi) is 5.06. The normalized spacial score (nSPS) is 11.5. The summed E-state index contributed by atoms with van der Waals surface area (Å²) in [6, 6.07) is 11.0. The molecule has 0 aliphatic carbocycles. The molecule has 1 aromatic heterocycles. The quantitative estimate of drug-likeness (QED) is 0.641. The molecule has 0 saturated heterocycles. The van der Waals surface area contributed by atoms with E-state index in [1.165, 1.54) is 17.6 Å². The fourth-order valence-corrected chi connectivity index (χ4v) is 4.54. The van der Waals surface area contributed by atoms with Crippen molar-refractivity contribution in [1.82, 2.24) is 4.98 Å². The molecule has 0 saturated carbocycles. The number of sulfone groups is 1. The number of nitrogens with zero attached hydrogens (tertiary/aromatic N) is 2. The van der Waals surface area contributed by atoms with Crippen molar-refractivity contribution in [3.05, 3.63) is 42.0 Å². The van der Waals surface area contributed by atoms with Gasteiger partial charge in [-0.3, -0.25) is 0 Å². The first-order valence-corrected chi connectivity index (χ1v) is 10.6. The van der Waals surface area contributed by atoms with Gasteiger partial charge in [0.2, 0.25) is 0 Å². The number of benzene rings is 2. The van der Waals surface area contributed by atoms with Gasteiger partial charge in [-0.2, -0.15) is 0 Å². The van der Waals surface area contributed by atoms with E-state index in [1.807, 2.05) is 36.2 Å². The highest BCUT2D eigenvalue weighted by molar-refractivity contribution is 7.91. The first-order chi connectivity index (χ1) is 12.3. The lowest BCUT2D eigenvalue weighted by atomic mass is 10.2. The molecule has 138 valence electrons. The van der Waals surface area contributed by atoms with Crippen molar-refractivity contribution < 1.29 is 17.9 Å². The lowest BCUT2D eigenvalue weighted by molar-refractivity contribution is 0.354. The molecule has 0 unspecified atom stereocenters. The van der Waals surface area contributed by atoms with Gasteiger partial charge in [0.05, 0.1) is 23.8 Å². The molecule has 0 radical (unpaired) electrons. The topological polar surface area (TPSA) is 68.7 Å². The summed E-state index contributed by atoms with van der Waals surface area (Å²) in [6.07, 6.45) is 1.20. The van der Waals surface area contributed by atoms with Crippen LogP contribution in [0.2, 0.25) is 0 Å². The summed E-state index contributed by atoms with van der Waals surface area (Å²) in [7, 11) is 1.81. The zero-order chi connectivity index (χ0) is 18.9. The second kappa shape index (κ2) is 7.13. The number of ether oxygens (including phenoxy) is 2. The van der Waals surface area contributed by atoms with E-state index in [-0.39, 0.29) is 4.90 Å². The van der Waals surface area contributed by atoms with Crippen LogP contribution in [-0.2, 0) is 16.4 Å². The van der Waals surface area contributed by atoms with Crippen molar-refractivity contribution >= 4 is 36.5 Å². The van der Waals surface area contributed by atoms with Crippen LogP contribution in [0.5, 0.6) is 11.5 Å². The molecule has 0 atom stereocenters. The van der Waals surface area contributed by atoms with Gasteiger partial charge in [-0.05, 0) is 29.8 Å². The van der Waals surface area contributed by atoms with Crippen LogP contribution in [-0.4, -0.2) is 40.9 Å². The van der Waals surface area contributed by atoms with Gasteiger partial charge in [-0.15, -0.1) is 0 Å². The lowest BCUT2D eigenvalue weighted by Gasteiger charge is -2.17. The molecule has 1 heterocycles. The van der Waals surface area contributed by atoms with Crippen LogP contribution in [0, 0.1) is 0 Å². The van der Waals surface area contributed by atoms with Crippen LogP contribution in [0.15, 0.2) is 41.3 Å². The predicted molar refractivity (Wildman–Crippen MR) is 104 cm³/mol. The first kappa shape index (κ1) is 18.5.